The molecule has 5 heteroatoms. The molecule has 20 heavy (non-hydrogen) atoms. The van der Waals surface area contributed by atoms with Crippen LogP contribution in [0.15, 0.2) is 12.7 Å². The quantitative estimate of drug-likeness (QED) is 0.520. The van der Waals surface area contributed by atoms with Crippen molar-refractivity contribution in [2.45, 2.75) is 44.7 Å². The van der Waals surface area contributed by atoms with Gasteiger partial charge in [-0.15, -0.1) is 6.58 Å². The van der Waals surface area contributed by atoms with Gasteiger partial charge in [0.05, 0.1) is 13.2 Å². The molecule has 112 valence electrons. The maximum Gasteiger partial charge on any atom is 0.246 e. The number of carbonyl (C=O) groups excluding carboxylic acids is 2. The van der Waals surface area contributed by atoms with Gasteiger partial charge in [0, 0.05) is 13.1 Å². The molecule has 0 aromatic heterocycles. The summed E-state index contributed by atoms with van der Waals surface area (Å²) in [6.45, 7) is 7.93. The number of rotatable bonds is 7. The van der Waals surface area contributed by atoms with Crippen LogP contribution >= 0.6 is 0 Å². The van der Waals surface area contributed by atoms with E-state index in [1.54, 1.807) is 15.9 Å². The standard InChI is InChI=1S/C15H24N2O3/c1-3-5-10-20-11-9-17-12(4-2)14(18)16-8-6-7-13(16)15(17)19/h3,12-13H,1,4-11H2,2H3. The Hall–Kier alpha value is -1.36. The Labute approximate surface area is 120 Å². The third-order valence-electron chi connectivity index (χ3n) is 4.09. The van der Waals surface area contributed by atoms with Gasteiger partial charge in [-0.3, -0.25) is 9.59 Å². The van der Waals surface area contributed by atoms with Gasteiger partial charge in [0.15, 0.2) is 0 Å². The lowest BCUT2D eigenvalue weighted by atomic mass is 10.0. The van der Waals surface area contributed by atoms with Crippen molar-refractivity contribution in [3.8, 4) is 0 Å². The number of fused-ring (bicyclic) bond motifs is 1. The summed E-state index contributed by atoms with van der Waals surface area (Å²) < 4.78 is 5.47. The monoisotopic (exact) mass is 280 g/mol. The van der Waals surface area contributed by atoms with E-state index in [0.29, 0.717) is 26.2 Å². The molecule has 0 saturated carbocycles. The second-order valence-corrected chi connectivity index (χ2v) is 5.34. The molecular formula is C15H24N2O3. The Balaban J connectivity index is 1.95. The van der Waals surface area contributed by atoms with Crippen LogP contribution in [0.25, 0.3) is 0 Å². The molecule has 0 aromatic carbocycles. The zero-order chi connectivity index (χ0) is 14.5. The first-order valence-corrected chi connectivity index (χ1v) is 7.50. The number of ether oxygens (including phenoxy) is 1. The predicted molar refractivity (Wildman–Crippen MR) is 76.2 cm³/mol. The van der Waals surface area contributed by atoms with Gasteiger partial charge >= 0.3 is 0 Å². The number of nitrogens with zero attached hydrogens (tertiary/aromatic N) is 2. The molecule has 0 aromatic rings. The molecule has 0 aliphatic carbocycles. The lowest BCUT2D eigenvalue weighted by molar-refractivity contribution is -0.160. The first-order chi connectivity index (χ1) is 9.70. The van der Waals surface area contributed by atoms with Crippen LogP contribution in [0.1, 0.15) is 32.6 Å². The van der Waals surface area contributed by atoms with Gasteiger partial charge in [-0.2, -0.15) is 0 Å². The SMILES string of the molecule is C=CCCOCCN1C(=O)C2CCCN2C(=O)C1CC. The van der Waals surface area contributed by atoms with Crippen LogP contribution in [0.5, 0.6) is 0 Å². The molecule has 0 bridgehead atoms. The van der Waals surface area contributed by atoms with Gasteiger partial charge in [-0.05, 0) is 25.7 Å². The summed E-state index contributed by atoms with van der Waals surface area (Å²) >= 11 is 0. The van der Waals surface area contributed by atoms with E-state index in [2.05, 4.69) is 6.58 Å². The fourth-order valence-electron chi connectivity index (χ4n) is 3.05. The van der Waals surface area contributed by atoms with Crippen molar-refractivity contribution in [3.05, 3.63) is 12.7 Å². The molecule has 0 N–H and O–H groups in total. The highest BCUT2D eigenvalue weighted by atomic mass is 16.5. The van der Waals surface area contributed by atoms with E-state index in [9.17, 15) is 9.59 Å². The van der Waals surface area contributed by atoms with Crippen molar-refractivity contribution < 1.29 is 14.3 Å². The highest BCUT2D eigenvalue weighted by molar-refractivity contribution is 5.97. The van der Waals surface area contributed by atoms with E-state index in [0.717, 1.165) is 25.8 Å². The van der Waals surface area contributed by atoms with E-state index < -0.39 is 0 Å². The molecule has 5 nitrogen and oxygen atoms in total. The van der Waals surface area contributed by atoms with Gasteiger partial charge in [-0.1, -0.05) is 13.0 Å². The average molecular weight is 280 g/mol. The Morgan fingerprint density at radius 2 is 2.15 bits per heavy atom. The number of amides is 2. The van der Waals surface area contributed by atoms with Gasteiger partial charge < -0.3 is 14.5 Å². The van der Waals surface area contributed by atoms with Crippen LogP contribution in [0.4, 0.5) is 0 Å². The van der Waals surface area contributed by atoms with E-state index >= 15 is 0 Å². The summed E-state index contributed by atoms with van der Waals surface area (Å²) in [6.07, 6.45) is 5.01. The molecule has 2 aliphatic rings. The maximum absolute atomic E-state index is 12.5. The third kappa shape index (κ3) is 2.87. The van der Waals surface area contributed by atoms with Crippen molar-refractivity contribution in [3.63, 3.8) is 0 Å². The lowest BCUT2D eigenvalue weighted by Crippen LogP contribution is -2.63. The number of hydrogen-bond donors (Lipinski definition) is 0. The van der Waals surface area contributed by atoms with Crippen molar-refractivity contribution in [2.24, 2.45) is 0 Å². The minimum absolute atomic E-state index is 0.0984. The normalized spacial score (nSPS) is 26.1. The van der Waals surface area contributed by atoms with Gasteiger partial charge in [0.25, 0.3) is 0 Å². The number of hydrogen-bond acceptors (Lipinski definition) is 3. The fourth-order valence-corrected chi connectivity index (χ4v) is 3.05. The van der Waals surface area contributed by atoms with Crippen LogP contribution in [0.2, 0.25) is 0 Å². The second kappa shape index (κ2) is 6.88. The molecule has 2 saturated heterocycles. The number of carbonyl (C=O) groups is 2. The van der Waals surface area contributed by atoms with E-state index in [-0.39, 0.29) is 23.9 Å². The minimum Gasteiger partial charge on any atom is -0.379 e. The van der Waals surface area contributed by atoms with Gasteiger partial charge in [0.2, 0.25) is 11.8 Å². The first kappa shape index (κ1) is 15.0. The summed E-state index contributed by atoms with van der Waals surface area (Å²) in [5, 5.41) is 0. The van der Waals surface area contributed by atoms with Crippen LogP contribution < -0.4 is 0 Å². The van der Waals surface area contributed by atoms with Crippen LogP contribution in [0, 0.1) is 0 Å². The highest BCUT2D eigenvalue weighted by Crippen LogP contribution is 2.27. The van der Waals surface area contributed by atoms with Crippen molar-refractivity contribution >= 4 is 11.8 Å². The Morgan fingerprint density at radius 1 is 1.35 bits per heavy atom. The molecule has 2 unspecified atom stereocenters. The van der Waals surface area contributed by atoms with E-state index in [1.807, 2.05) is 6.92 Å². The first-order valence-electron chi connectivity index (χ1n) is 7.50. The molecule has 2 fully saturated rings. The molecule has 2 atom stereocenters. The molecule has 0 radical (unpaired) electrons. The Bertz CT molecular complexity index is 383. The second-order valence-electron chi connectivity index (χ2n) is 5.34. The zero-order valence-electron chi connectivity index (χ0n) is 12.2. The summed E-state index contributed by atoms with van der Waals surface area (Å²) in [7, 11) is 0. The Morgan fingerprint density at radius 3 is 2.85 bits per heavy atom. The van der Waals surface area contributed by atoms with E-state index in [4.69, 9.17) is 4.74 Å². The topological polar surface area (TPSA) is 49.9 Å². The molecule has 2 rings (SSSR count). The molecule has 2 aliphatic heterocycles. The van der Waals surface area contributed by atoms with Crippen LogP contribution in [0.3, 0.4) is 0 Å². The van der Waals surface area contributed by atoms with Crippen LogP contribution in [-0.4, -0.2) is 60.0 Å². The summed E-state index contributed by atoms with van der Waals surface area (Å²) in [5.74, 6) is 0.210. The zero-order valence-corrected chi connectivity index (χ0v) is 12.2. The highest BCUT2D eigenvalue weighted by Gasteiger charge is 2.46. The fraction of sp³-hybridized carbons (Fsp3) is 0.733. The van der Waals surface area contributed by atoms with Gasteiger partial charge in [0.1, 0.15) is 12.1 Å². The summed E-state index contributed by atoms with van der Waals surface area (Å²) in [4.78, 5) is 28.4. The summed E-state index contributed by atoms with van der Waals surface area (Å²) in [5.41, 5.74) is 0. The van der Waals surface area contributed by atoms with Crippen molar-refractivity contribution in [2.75, 3.05) is 26.3 Å². The van der Waals surface area contributed by atoms with Crippen LogP contribution in [-0.2, 0) is 14.3 Å². The summed E-state index contributed by atoms with van der Waals surface area (Å²) in [6, 6.07) is -0.529. The number of piperazine rings is 1. The predicted octanol–water partition coefficient (Wildman–Crippen LogP) is 1.19. The largest absolute Gasteiger partial charge is 0.379 e. The minimum atomic E-state index is -0.306. The maximum atomic E-state index is 12.5. The van der Waals surface area contributed by atoms with Gasteiger partial charge in [-0.25, -0.2) is 0 Å². The molecule has 2 heterocycles. The smallest absolute Gasteiger partial charge is 0.246 e. The third-order valence-corrected chi connectivity index (χ3v) is 4.09. The van der Waals surface area contributed by atoms with Crippen molar-refractivity contribution in [1.82, 2.24) is 9.80 Å². The lowest BCUT2D eigenvalue weighted by Gasteiger charge is -2.42. The Kier molecular flexibility index (Phi) is 5.17. The molecule has 0 spiro atoms. The van der Waals surface area contributed by atoms with Crippen molar-refractivity contribution in [1.29, 1.82) is 0 Å². The molecule has 2 amide bonds. The van der Waals surface area contributed by atoms with E-state index in [1.165, 1.54) is 0 Å². The molecular weight excluding hydrogens is 256 g/mol. The average Bonchev–Trinajstić information content (AvgIpc) is 2.93.